The zero-order chi connectivity index (χ0) is 17.6. The van der Waals surface area contributed by atoms with Crippen LogP contribution < -0.4 is 4.90 Å². The molecular weight excluding hydrogens is 382 g/mol. The molecule has 0 aromatic heterocycles. The number of fused-ring (bicyclic) bond motifs is 6. The highest BCUT2D eigenvalue weighted by Gasteiger charge is 2.72. The average molecular weight is 400 g/mol. The number of benzene rings is 2. The van der Waals surface area contributed by atoms with E-state index in [-0.39, 0.29) is 23.7 Å². The minimum atomic E-state index is -0.522. The molecule has 0 unspecified atom stereocenters. The normalized spacial score (nSPS) is 36.5. The van der Waals surface area contributed by atoms with E-state index in [2.05, 4.69) is 15.9 Å². The third kappa shape index (κ3) is 1.80. The van der Waals surface area contributed by atoms with E-state index < -0.39 is 11.2 Å². The summed E-state index contributed by atoms with van der Waals surface area (Å²) in [6.45, 7) is 3.97. The Hall–Kier alpha value is -1.72. The van der Waals surface area contributed by atoms with Crippen LogP contribution in [0.2, 0.25) is 0 Å². The summed E-state index contributed by atoms with van der Waals surface area (Å²) in [6, 6.07) is 11.6. The zero-order valence-corrected chi connectivity index (χ0v) is 15.7. The van der Waals surface area contributed by atoms with Crippen molar-refractivity contribution >= 4 is 44.2 Å². The van der Waals surface area contributed by atoms with Gasteiger partial charge in [0.05, 0.1) is 28.7 Å². The topological polar surface area (TPSA) is 46.6 Å². The van der Waals surface area contributed by atoms with Gasteiger partial charge in [0.15, 0.2) is 0 Å². The molecule has 2 bridgehead atoms. The first-order valence-electron chi connectivity index (χ1n) is 8.61. The molecule has 0 N–H and O–H groups in total. The maximum atomic E-state index is 13.3. The van der Waals surface area contributed by atoms with Crippen molar-refractivity contribution in [3.63, 3.8) is 0 Å². The Bertz CT molecular complexity index is 923. The largest absolute Gasteiger partial charge is 0.367 e. The lowest BCUT2D eigenvalue weighted by atomic mass is 9.69. The molecule has 0 saturated carbocycles. The smallest absolute Gasteiger partial charge is 0.240 e. The van der Waals surface area contributed by atoms with Gasteiger partial charge < -0.3 is 4.74 Å². The van der Waals surface area contributed by atoms with Crippen LogP contribution in [-0.4, -0.2) is 23.0 Å². The summed E-state index contributed by atoms with van der Waals surface area (Å²) >= 11 is 3.56. The average Bonchev–Trinajstić information content (AvgIpc) is 3.12. The van der Waals surface area contributed by atoms with Crippen molar-refractivity contribution in [2.75, 3.05) is 4.90 Å². The molecule has 0 aliphatic carbocycles. The molecule has 2 aromatic carbocycles. The number of rotatable bonds is 1. The van der Waals surface area contributed by atoms with Crippen LogP contribution >= 0.6 is 15.9 Å². The van der Waals surface area contributed by atoms with Crippen LogP contribution in [0.15, 0.2) is 40.9 Å². The lowest BCUT2D eigenvalue weighted by Gasteiger charge is -2.27. The van der Waals surface area contributed by atoms with E-state index in [1.807, 2.05) is 50.2 Å². The van der Waals surface area contributed by atoms with Gasteiger partial charge in [-0.15, -0.1) is 0 Å². The number of nitrogens with zero attached hydrogens (tertiary/aromatic N) is 1. The molecule has 4 nitrogen and oxygen atoms in total. The fourth-order valence-electron chi connectivity index (χ4n) is 5.16. The number of halogens is 1. The summed E-state index contributed by atoms with van der Waals surface area (Å²) in [5.74, 6) is -0.982. The van der Waals surface area contributed by atoms with Crippen molar-refractivity contribution in [3.05, 3.63) is 40.9 Å². The molecule has 2 amide bonds. The fraction of sp³-hybridized carbons (Fsp3) is 0.400. The first-order valence-corrected chi connectivity index (χ1v) is 9.40. The molecule has 128 valence electrons. The Balaban J connectivity index is 1.69. The molecule has 3 saturated heterocycles. The second-order valence-electron chi connectivity index (χ2n) is 7.81. The second-order valence-corrected chi connectivity index (χ2v) is 8.66. The Morgan fingerprint density at radius 2 is 1.52 bits per heavy atom. The minimum absolute atomic E-state index is 0.117. The highest BCUT2D eigenvalue weighted by atomic mass is 79.9. The molecule has 0 radical (unpaired) electrons. The Morgan fingerprint density at radius 1 is 0.960 bits per heavy atom. The van der Waals surface area contributed by atoms with Gasteiger partial charge in [-0.1, -0.05) is 40.2 Å². The minimum Gasteiger partial charge on any atom is -0.367 e. The molecular formula is C20H18BrNO3. The third-order valence-corrected chi connectivity index (χ3v) is 6.98. The summed E-state index contributed by atoms with van der Waals surface area (Å²) < 4.78 is 7.12. The summed E-state index contributed by atoms with van der Waals surface area (Å²) in [5.41, 5.74) is -0.368. The number of imide groups is 1. The molecule has 4 atom stereocenters. The van der Waals surface area contributed by atoms with E-state index in [4.69, 9.17) is 4.74 Å². The van der Waals surface area contributed by atoms with Gasteiger partial charge in [0.2, 0.25) is 11.8 Å². The molecule has 3 aliphatic heterocycles. The van der Waals surface area contributed by atoms with E-state index in [1.165, 1.54) is 4.90 Å². The second kappa shape index (κ2) is 4.71. The summed E-state index contributed by atoms with van der Waals surface area (Å²) in [5, 5.41) is 1.90. The zero-order valence-electron chi connectivity index (χ0n) is 14.1. The Labute approximate surface area is 154 Å². The predicted octanol–water partition coefficient (Wildman–Crippen LogP) is 4.05. The van der Waals surface area contributed by atoms with Crippen LogP contribution in [0.5, 0.6) is 0 Å². The van der Waals surface area contributed by atoms with Crippen molar-refractivity contribution < 1.29 is 14.3 Å². The van der Waals surface area contributed by atoms with Crippen LogP contribution in [0.1, 0.15) is 26.7 Å². The lowest BCUT2D eigenvalue weighted by molar-refractivity contribution is -0.129. The molecule has 3 fully saturated rings. The van der Waals surface area contributed by atoms with Crippen molar-refractivity contribution in [1.29, 1.82) is 0 Å². The van der Waals surface area contributed by atoms with Gasteiger partial charge in [0, 0.05) is 9.86 Å². The van der Waals surface area contributed by atoms with Crippen LogP contribution in [0, 0.1) is 11.8 Å². The van der Waals surface area contributed by atoms with Crippen LogP contribution in [0.3, 0.4) is 0 Å². The summed E-state index contributed by atoms with van der Waals surface area (Å²) in [7, 11) is 0. The lowest BCUT2D eigenvalue weighted by Crippen LogP contribution is -2.40. The summed E-state index contributed by atoms with van der Waals surface area (Å²) in [6.07, 6.45) is 1.66. The quantitative estimate of drug-likeness (QED) is 0.679. The van der Waals surface area contributed by atoms with Crippen LogP contribution in [0.4, 0.5) is 5.69 Å². The predicted molar refractivity (Wildman–Crippen MR) is 98.3 cm³/mol. The van der Waals surface area contributed by atoms with Gasteiger partial charge in [-0.05, 0) is 44.2 Å². The Morgan fingerprint density at radius 3 is 2.16 bits per heavy atom. The highest BCUT2D eigenvalue weighted by molar-refractivity contribution is 9.10. The van der Waals surface area contributed by atoms with Crippen LogP contribution in [0.25, 0.3) is 10.8 Å². The number of anilines is 1. The first-order chi connectivity index (χ1) is 11.9. The van der Waals surface area contributed by atoms with Gasteiger partial charge in [0.1, 0.15) is 0 Å². The van der Waals surface area contributed by atoms with Gasteiger partial charge in [0.25, 0.3) is 0 Å². The van der Waals surface area contributed by atoms with E-state index in [1.54, 1.807) is 0 Å². The van der Waals surface area contributed by atoms with Gasteiger partial charge >= 0.3 is 0 Å². The number of carbonyl (C=O) groups excluding carboxylic acids is 2. The number of hydrogen-bond donors (Lipinski definition) is 0. The van der Waals surface area contributed by atoms with E-state index >= 15 is 0 Å². The first kappa shape index (κ1) is 15.5. The number of hydrogen-bond acceptors (Lipinski definition) is 3. The standard InChI is InChI=1S/C20H18BrNO3/c1-19-9-10-20(2,25-19)16-15(19)17(23)22(18(16)24)14-8-4-5-11-12(14)6-3-7-13(11)21/h3-8,15-16H,9-10H2,1-2H3/t15-,16+,19-,20+. The molecule has 5 rings (SSSR count). The SMILES string of the molecule is C[C@]12CC[C@](C)(O1)[C@@H]1C(=O)N(c3cccc4c(Br)cccc34)C(=O)[C@@H]12. The van der Waals surface area contributed by atoms with Gasteiger partial charge in [-0.2, -0.15) is 0 Å². The monoisotopic (exact) mass is 399 g/mol. The highest BCUT2D eigenvalue weighted by Crippen LogP contribution is 2.61. The maximum absolute atomic E-state index is 13.3. The van der Waals surface area contributed by atoms with Crippen molar-refractivity contribution in [2.45, 2.75) is 37.9 Å². The summed E-state index contributed by atoms with van der Waals surface area (Å²) in [4.78, 5) is 28.0. The fourth-order valence-corrected chi connectivity index (χ4v) is 5.65. The van der Waals surface area contributed by atoms with E-state index in [0.29, 0.717) is 5.69 Å². The molecule has 2 aromatic rings. The van der Waals surface area contributed by atoms with Crippen LogP contribution in [-0.2, 0) is 14.3 Å². The molecule has 3 aliphatic rings. The van der Waals surface area contributed by atoms with Crippen molar-refractivity contribution in [1.82, 2.24) is 0 Å². The molecule has 0 spiro atoms. The number of carbonyl (C=O) groups is 2. The number of amides is 2. The van der Waals surface area contributed by atoms with E-state index in [9.17, 15) is 9.59 Å². The Kier molecular flexibility index (Phi) is 2.93. The van der Waals surface area contributed by atoms with Crippen molar-refractivity contribution in [2.24, 2.45) is 11.8 Å². The molecule has 3 heterocycles. The van der Waals surface area contributed by atoms with Crippen molar-refractivity contribution in [3.8, 4) is 0 Å². The molecule has 25 heavy (non-hydrogen) atoms. The van der Waals surface area contributed by atoms with E-state index in [0.717, 1.165) is 28.1 Å². The van der Waals surface area contributed by atoms with Gasteiger partial charge in [-0.25, -0.2) is 4.90 Å². The third-order valence-electron chi connectivity index (χ3n) is 6.29. The molecule has 5 heteroatoms. The number of ether oxygens (including phenoxy) is 1. The maximum Gasteiger partial charge on any atom is 0.240 e. The van der Waals surface area contributed by atoms with Gasteiger partial charge in [-0.3, -0.25) is 9.59 Å².